The number of rotatable bonds is 6. The molecule has 19 heavy (non-hydrogen) atoms. The van der Waals surface area contributed by atoms with E-state index in [2.05, 4.69) is 10.1 Å². The van der Waals surface area contributed by atoms with Gasteiger partial charge < -0.3 is 14.0 Å². The smallest absolute Gasteiger partial charge is 0.227 e. The largest absolute Gasteiger partial charge is 0.493 e. The number of methoxy groups -OCH3 is 2. The van der Waals surface area contributed by atoms with E-state index in [1.165, 1.54) is 0 Å². The second-order valence-electron chi connectivity index (χ2n) is 3.91. The van der Waals surface area contributed by atoms with E-state index in [1.54, 1.807) is 14.2 Å². The molecule has 0 unspecified atom stereocenters. The molecule has 0 amide bonds. The van der Waals surface area contributed by atoms with Crippen LogP contribution in [0.3, 0.4) is 0 Å². The Labute approximate surface area is 116 Å². The van der Waals surface area contributed by atoms with Gasteiger partial charge in [0.1, 0.15) is 0 Å². The Hall–Kier alpha value is -1.75. The summed E-state index contributed by atoms with van der Waals surface area (Å²) in [5, 5.41) is 3.91. The third-order valence-corrected chi connectivity index (χ3v) is 2.82. The molecule has 0 atom stereocenters. The molecular formula is C13H15ClN2O3. The van der Waals surface area contributed by atoms with Crippen molar-refractivity contribution in [1.29, 1.82) is 0 Å². The lowest BCUT2D eigenvalue weighted by Crippen LogP contribution is -1.95. The summed E-state index contributed by atoms with van der Waals surface area (Å²) in [7, 11) is 3.21. The molecule has 0 N–H and O–H groups in total. The van der Waals surface area contributed by atoms with Gasteiger partial charge in [-0.1, -0.05) is 11.2 Å². The Morgan fingerprint density at radius 2 is 2.00 bits per heavy atom. The van der Waals surface area contributed by atoms with Crippen LogP contribution in [0.2, 0.25) is 0 Å². The summed E-state index contributed by atoms with van der Waals surface area (Å²) in [6.07, 6.45) is 1.16. The number of hydrogen-bond acceptors (Lipinski definition) is 5. The van der Waals surface area contributed by atoms with E-state index in [9.17, 15) is 0 Å². The number of aryl methyl sites for hydroxylation is 1. The molecule has 0 saturated heterocycles. The molecular weight excluding hydrogens is 268 g/mol. The van der Waals surface area contributed by atoms with Gasteiger partial charge in [-0.3, -0.25) is 0 Å². The first-order chi connectivity index (χ1) is 9.26. The number of ether oxygens (including phenoxy) is 2. The van der Waals surface area contributed by atoms with Gasteiger partial charge in [0, 0.05) is 18.7 Å². The van der Waals surface area contributed by atoms with Gasteiger partial charge in [0.15, 0.2) is 17.3 Å². The number of nitrogens with zero attached hydrogens (tertiary/aromatic N) is 2. The highest BCUT2D eigenvalue weighted by Crippen LogP contribution is 2.28. The van der Waals surface area contributed by atoms with Gasteiger partial charge in [0.2, 0.25) is 5.89 Å². The van der Waals surface area contributed by atoms with Crippen molar-refractivity contribution in [2.75, 3.05) is 20.1 Å². The van der Waals surface area contributed by atoms with E-state index in [4.69, 9.17) is 25.6 Å². The fourth-order valence-electron chi connectivity index (χ4n) is 1.72. The molecule has 1 aromatic carbocycles. The molecule has 0 fully saturated rings. The lowest BCUT2D eigenvalue weighted by molar-refractivity contribution is 0.354. The van der Waals surface area contributed by atoms with Gasteiger partial charge in [0.05, 0.1) is 14.2 Å². The molecule has 0 aliphatic rings. The normalized spacial score (nSPS) is 10.5. The van der Waals surface area contributed by atoms with Crippen LogP contribution >= 0.6 is 11.6 Å². The summed E-state index contributed by atoms with van der Waals surface area (Å²) < 4.78 is 15.5. The highest BCUT2D eigenvalue weighted by molar-refractivity contribution is 6.17. The van der Waals surface area contributed by atoms with Crippen molar-refractivity contribution in [3.8, 4) is 11.5 Å². The molecule has 2 aromatic rings. The molecule has 0 aliphatic carbocycles. The lowest BCUT2D eigenvalue weighted by Gasteiger charge is -2.08. The maximum Gasteiger partial charge on any atom is 0.227 e. The Bertz CT molecular complexity index is 542. The Kier molecular flexibility index (Phi) is 4.63. The second kappa shape index (κ2) is 6.43. The van der Waals surface area contributed by atoms with Crippen LogP contribution in [0.15, 0.2) is 22.7 Å². The van der Waals surface area contributed by atoms with Crippen LogP contribution in [-0.2, 0) is 12.8 Å². The van der Waals surface area contributed by atoms with Crippen molar-refractivity contribution >= 4 is 11.6 Å². The summed E-state index contributed by atoms with van der Waals surface area (Å²) in [6, 6.07) is 5.70. The molecule has 1 aromatic heterocycles. The minimum Gasteiger partial charge on any atom is -0.493 e. The molecule has 0 saturated carbocycles. The van der Waals surface area contributed by atoms with E-state index in [-0.39, 0.29) is 0 Å². The first-order valence-electron chi connectivity index (χ1n) is 5.85. The molecule has 0 radical (unpaired) electrons. The monoisotopic (exact) mass is 282 g/mol. The molecule has 6 heteroatoms. The van der Waals surface area contributed by atoms with Crippen molar-refractivity contribution in [2.45, 2.75) is 12.8 Å². The third-order valence-electron chi connectivity index (χ3n) is 2.63. The minimum absolute atomic E-state index is 0.470. The second-order valence-corrected chi connectivity index (χ2v) is 4.29. The predicted molar refractivity (Wildman–Crippen MR) is 71.1 cm³/mol. The topological polar surface area (TPSA) is 57.4 Å². The number of aromatic nitrogens is 2. The molecule has 0 bridgehead atoms. The zero-order chi connectivity index (χ0) is 13.7. The SMILES string of the molecule is COc1ccc(Cc2noc(CCCl)n2)cc1OC. The average Bonchev–Trinajstić information content (AvgIpc) is 2.86. The predicted octanol–water partition coefficient (Wildman–Crippen LogP) is 2.46. The Morgan fingerprint density at radius 3 is 2.68 bits per heavy atom. The highest BCUT2D eigenvalue weighted by atomic mass is 35.5. The van der Waals surface area contributed by atoms with E-state index >= 15 is 0 Å². The Balaban J connectivity index is 2.13. The number of benzene rings is 1. The van der Waals surface area contributed by atoms with Gasteiger partial charge in [-0.25, -0.2) is 0 Å². The molecule has 2 rings (SSSR count). The summed E-state index contributed by atoms with van der Waals surface area (Å²) in [5.74, 6) is 3.04. The summed E-state index contributed by atoms with van der Waals surface area (Å²) in [6.45, 7) is 0. The standard InChI is InChI=1S/C13H15ClN2O3/c1-17-10-4-3-9(7-11(10)18-2)8-12-15-13(5-6-14)19-16-12/h3-4,7H,5-6,8H2,1-2H3. The van der Waals surface area contributed by atoms with Crippen molar-refractivity contribution in [3.63, 3.8) is 0 Å². The molecule has 102 valence electrons. The van der Waals surface area contributed by atoms with Crippen LogP contribution in [-0.4, -0.2) is 30.2 Å². The zero-order valence-corrected chi connectivity index (χ0v) is 11.6. The lowest BCUT2D eigenvalue weighted by atomic mass is 10.1. The molecule has 0 spiro atoms. The van der Waals surface area contributed by atoms with Crippen LogP contribution in [0, 0.1) is 0 Å². The van der Waals surface area contributed by atoms with E-state index in [0.29, 0.717) is 41.9 Å². The van der Waals surface area contributed by atoms with E-state index in [1.807, 2.05) is 18.2 Å². The fourth-order valence-corrected chi connectivity index (χ4v) is 1.88. The van der Waals surface area contributed by atoms with Gasteiger partial charge in [0.25, 0.3) is 0 Å². The maximum atomic E-state index is 5.62. The molecule has 5 nitrogen and oxygen atoms in total. The minimum atomic E-state index is 0.470. The third kappa shape index (κ3) is 3.38. The van der Waals surface area contributed by atoms with Crippen molar-refractivity contribution in [3.05, 3.63) is 35.5 Å². The maximum absolute atomic E-state index is 5.62. The summed E-state index contributed by atoms with van der Waals surface area (Å²) in [4.78, 5) is 4.26. The van der Waals surface area contributed by atoms with Gasteiger partial charge in [-0.15, -0.1) is 11.6 Å². The van der Waals surface area contributed by atoms with Gasteiger partial charge in [-0.2, -0.15) is 4.98 Å². The van der Waals surface area contributed by atoms with Gasteiger partial charge >= 0.3 is 0 Å². The van der Waals surface area contributed by atoms with E-state index in [0.717, 1.165) is 5.56 Å². The van der Waals surface area contributed by atoms with Crippen LogP contribution in [0.1, 0.15) is 17.3 Å². The molecule has 0 aliphatic heterocycles. The number of halogens is 1. The summed E-state index contributed by atoms with van der Waals surface area (Å²) >= 11 is 5.62. The van der Waals surface area contributed by atoms with Crippen LogP contribution in [0.25, 0.3) is 0 Å². The van der Waals surface area contributed by atoms with Crippen molar-refractivity contribution in [1.82, 2.24) is 10.1 Å². The number of hydrogen-bond donors (Lipinski definition) is 0. The Morgan fingerprint density at radius 1 is 1.21 bits per heavy atom. The van der Waals surface area contributed by atoms with Gasteiger partial charge in [-0.05, 0) is 17.7 Å². The van der Waals surface area contributed by atoms with Crippen molar-refractivity contribution < 1.29 is 14.0 Å². The van der Waals surface area contributed by atoms with Crippen LogP contribution < -0.4 is 9.47 Å². The zero-order valence-electron chi connectivity index (χ0n) is 10.9. The number of alkyl halides is 1. The summed E-state index contributed by atoms with van der Waals surface area (Å²) in [5.41, 5.74) is 1.02. The van der Waals surface area contributed by atoms with Crippen molar-refractivity contribution in [2.24, 2.45) is 0 Å². The van der Waals surface area contributed by atoms with E-state index < -0.39 is 0 Å². The van der Waals surface area contributed by atoms with Crippen LogP contribution in [0.5, 0.6) is 11.5 Å². The fraction of sp³-hybridized carbons (Fsp3) is 0.385. The quantitative estimate of drug-likeness (QED) is 0.762. The van der Waals surface area contributed by atoms with Crippen LogP contribution in [0.4, 0.5) is 0 Å². The molecule has 1 heterocycles. The average molecular weight is 283 g/mol. The first-order valence-corrected chi connectivity index (χ1v) is 6.38. The first kappa shape index (κ1) is 13.7. The highest BCUT2D eigenvalue weighted by Gasteiger charge is 2.09.